The van der Waals surface area contributed by atoms with Crippen molar-refractivity contribution in [2.45, 2.75) is 58.0 Å². The summed E-state index contributed by atoms with van der Waals surface area (Å²) < 4.78 is 0. The van der Waals surface area contributed by atoms with Crippen molar-refractivity contribution in [2.75, 3.05) is 0 Å². The van der Waals surface area contributed by atoms with Crippen molar-refractivity contribution in [1.29, 1.82) is 0 Å². The second-order valence-corrected chi connectivity index (χ2v) is 7.11. The summed E-state index contributed by atoms with van der Waals surface area (Å²) in [5, 5.41) is 14.8. The summed E-state index contributed by atoms with van der Waals surface area (Å²) in [6, 6.07) is 4.45. The number of aliphatic carboxylic acids is 1. The Hall–Kier alpha value is -0.870. The minimum Gasteiger partial charge on any atom is -0.481 e. The van der Waals surface area contributed by atoms with Gasteiger partial charge < -0.3 is 10.4 Å². The van der Waals surface area contributed by atoms with Gasteiger partial charge in [0, 0.05) is 10.9 Å². The van der Waals surface area contributed by atoms with Crippen LogP contribution in [-0.4, -0.2) is 17.1 Å². The molecular weight excluding hydrogens is 270 g/mol. The molecule has 1 aliphatic carbocycles. The quantitative estimate of drug-likeness (QED) is 0.831. The Labute approximate surface area is 125 Å². The van der Waals surface area contributed by atoms with Crippen LogP contribution in [-0.2, 0) is 4.79 Å². The van der Waals surface area contributed by atoms with Crippen LogP contribution in [0.15, 0.2) is 17.5 Å². The van der Waals surface area contributed by atoms with Crippen LogP contribution >= 0.6 is 11.3 Å². The molecule has 3 nitrogen and oxygen atoms in total. The van der Waals surface area contributed by atoms with Crippen molar-refractivity contribution in [3.05, 3.63) is 22.4 Å². The first-order valence-electron chi connectivity index (χ1n) is 7.59. The molecule has 3 atom stereocenters. The first-order chi connectivity index (χ1) is 9.58. The highest BCUT2D eigenvalue weighted by molar-refractivity contribution is 7.10. The molecule has 0 bridgehead atoms. The largest absolute Gasteiger partial charge is 0.481 e. The van der Waals surface area contributed by atoms with Gasteiger partial charge >= 0.3 is 5.97 Å². The number of carboxylic acids is 1. The number of thiophene rings is 1. The number of rotatable bonds is 6. The van der Waals surface area contributed by atoms with Crippen LogP contribution in [0.25, 0.3) is 0 Å². The molecule has 3 unspecified atom stereocenters. The van der Waals surface area contributed by atoms with E-state index in [0.29, 0.717) is 17.9 Å². The second kappa shape index (κ2) is 7.23. The fourth-order valence-corrected chi connectivity index (χ4v) is 4.12. The topological polar surface area (TPSA) is 49.3 Å². The summed E-state index contributed by atoms with van der Waals surface area (Å²) in [4.78, 5) is 12.3. The van der Waals surface area contributed by atoms with Crippen molar-refractivity contribution >= 4 is 17.3 Å². The molecule has 112 valence electrons. The Morgan fingerprint density at radius 2 is 2.20 bits per heavy atom. The normalized spacial score (nSPS) is 24.8. The zero-order valence-electron chi connectivity index (χ0n) is 12.3. The number of nitrogens with one attached hydrogen (secondary N) is 1. The molecule has 0 saturated heterocycles. The number of hydrogen-bond acceptors (Lipinski definition) is 3. The maximum Gasteiger partial charge on any atom is 0.305 e. The second-order valence-electron chi connectivity index (χ2n) is 6.13. The molecule has 0 radical (unpaired) electrons. The summed E-state index contributed by atoms with van der Waals surface area (Å²) in [6.45, 7) is 4.56. The molecule has 1 aliphatic rings. The van der Waals surface area contributed by atoms with Crippen LogP contribution in [0.5, 0.6) is 0 Å². The van der Waals surface area contributed by atoms with Gasteiger partial charge in [-0.25, -0.2) is 0 Å². The van der Waals surface area contributed by atoms with Crippen molar-refractivity contribution in [2.24, 2.45) is 11.8 Å². The third-order valence-corrected chi connectivity index (χ3v) is 5.34. The highest BCUT2D eigenvalue weighted by Crippen LogP contribution is 2.33. The Bertz CT molecular complexity index is 416. The van der Waals surface area contributed by atoms with E-state index in [9.17, 15) is 4.79 Å². The zero-order valence-corrected chi connectivity index (χ0v) is 13.2. The molecular formula is C16H25NO2S. The molecule has 2 N–H and O–H groups in total. The Balaban J connectivity index is 2.07. The van der Waals surface area contributed by atoms with Gasteiger partial charge in [0.25, 0.3) is 0 Å². The average Bonchev–Trinajstić information content (AvgIpc) is 2.91. The van der Waals surface area contributed by atoms with Crippen LogP contribution in [0.3, 0.4) is 0 Å². The number of carboxylic acid groups (broad SMARTS) is 1. The molecule has 4 heteroatoms. The minimum atomic E-state index is -0.729. The SMILES string of the molecule is CC(C)C1CCCCC1NC(CC(=O)O)c1cccs1. The third kappa shape index (κ3) is 4.06. The maximum atomic E-state index is 11.1. The van der Waals surface area contributed by atoms with Gasteiger partial charge in [-0.05, 0) is 36.1 Å². The fraction of sp³-hybridized carbons (Fsp3) is 0.688. The Kier molecular flexibility index (Phi) is 5.61. The predicted molar refractivity (Wildman–Crippen MR) is 83.0 cm³/mol. The molecule has 1 fully saturated rings. The van der Waals surface area contributed by atoms with E-state index in [1.54, 1.807) is 11.3 Å². The molecule has 20 heavy (non-hydrogen) atoms. The van der Waals surface area contributed by atoms with Crippen molar-refractivity contribution in [3.63, 3.8) is 0 Å². The van der Waals surface area contributed by atoms with Gasteiger partial charge in [-0.1, -0.05) is 32.8 Å². The van der Waals surface area contributed by atoms with E-state index in [0.717, 1.165) is 4.88 Å². The first-order valence-corrected chi connectivity index (χ1v) is 8.47. The highest BCUT2D eigenvalue weighted by Gasteiger charge is 2.30. The predicted octanol–water partition coefficient (Wildman–Crippen LogP) is 4.07. The van der Waals surface area contributed by atoms with E-state index >= 15 is 0 Å². The smallest absolute Gasteiger partial charge is 0.305 e. The summed E-state index contributed by atoms with van der Waals surface area (Å²) in [5.74, 6) is 0.592. The average molecular weight is 295 g/mol. The van der Waals surface area contributed by atoms with E-state index in [1.807, 2.05) is 17.5 Å². The molecule has 1 aromatic heterocycles. The van der Waals surface area contributed by atoms with Crippen LogP contribution in [0.4, 0.5) is 0 Å². The van der Waals surface area contributed by atoms with Crippen LogP contribution < -0.4 is 5.32 Å². The fourth-order valence-electron chi connectivity index (χ4n) is 3.33. The lowest BCUT2D eigenvalue weighted by Crippen LogP contribution is -2.43. The van der Waals surface area contributed by atoms with E-state index in [4.69, 9.17) is 5.11 Å². The molecule has 1 heterocycles. The van der Waals surface area contributed by atoms with E-state index < -0.39 is 5.97 Å². The molecule has 2 rings (SSSR count). The summed E-state index contributed by atoms with van der Waals surface area (Å²) in [6.07, 6.45) is 5.17. The summed E-state index contributed by atoms with van der Waals surface area (Å²) >= 11 is 1.65. The van der Waals surface area contributed by atoms with Crippen LogP contribution in [0.1, 0.15) is 56.9 Å². The van der Waals surface area contributed by atoms with E-state index in [-0.39, 0.29) is 12.5 Å². The van der Waals surface area contributed by atoms with Gasteiger partial charge in [0.15, 0.2) is 0 Å². The summed E-state index contributed by atoms with van der Waals surface area (Å²) in [5.41, 5.74) is 0. The van der Waals surface area contributed by atoms with Gasteiger partial charge in [0.2, 0.25) is 0 Å². The van der Waals surface area contributed by atoms with Gasteiger partial charge in [-0.2, -0.15) is 0 Å². The minimum absolute atomic E-state index is 0.0446. The van der Waals surface area contributed by atoms with Crippen LogP contribution in [0.2, 0.25) is 0 Å². The molecule has 0 spiro atoms. The lowest BCUT2D eigenvalue weighted by molar-refractivity contribution is -0.137. The van der Waals surface area contributed by atoms with Crippen molar-refractivity contribution < 1.29 is 9.90 Å². The van der Waals surface area contributed by atoms with Crippen LogP contribution in [0, 0.1) is 11.8 Å². The first kappa shape index (κ1) is 15.5. The monoisotopic (exact) mass is 295 g/mol. The lowest BCUT2D eigenvalue weighted by atomic mass is 9.77. The Morgan fingerprint density at radius 1 is 1.45 bits per heavy atom. The molecule has 0 amide bonds. The molecule has 1 aromatic rings. The van der Waals surface area contributed by atoms with Gasteiger partial charge in [0.05, 0.1) is 12.5 Å². The number of hydrogen-bond donors (Lipinski definition) is 2. The molecule has 1 saturated carbocycles. The lowest BCUT2D eigenvalue weighted by Gasteiger charge is -2.37. The molecule has 0 aliphatic heterocycles. The van der Waals surface area contributed by atoms with Gasteiger partial charge in [-0.15, -0.1) is 11.3 Å². The van der Waals surface area contributed by atoms with Crippen molar-refractivity contribution in [3.8, 4) is 0 Å². The standard InChI is InChI=1S/C16H25NO2S/c1-11(2)12-6-3-4-7-13(12)17-14(10-16(18)19)15-8-5-9-20-15/h5,8-9,11-14,17H,3-4,6-7,10H2,1-2H3,(H,18,19). The van der Waals surface area contributed by atoms with Gasteiger partial charge in [-0.3, -0.25) is 4.79 Å². The third-order valence-electron chi connectivity index (χ3n) is 4.36. The van der Waals surface area contributed by atoms with Crippen molar-refractivity contribution in [1.82, 2.24) is 5.32 Å². The molecule has 0 aromatic carbocycles. The highest BCUT2D eigenvalue weighted by atomic mass is 32.1. The van der Waals surface area contributed by atoms with E-state index in [2.05, 4.69) is 19.2 Å². The Morgan fingerprint density at radius 3 is 2.80 bits per heavy atom. The maximum absolute atomic E-state index is 11.1. The van der Waals surface area contributed by atoms with E-state index in [1.165, 1.54) is 25.7 Å². The number of carbonyl (C=O) groups is 1. The summed E-state index contributed by atoms with van der Waals surface area (Å²) in [7, 11) is 0. The van der Waals surface area contributed by atoms with Gasteiger partial charge in [0.1, 0.15) is 0 Å². The zero-order chi connectivity index (χ0) is 14.5.